The predicted octanol–water partition coefficient (Wildman–Crippen LogP) is 3.13. The first-order valence-electron chi connectivity index (χ1n) is 4.61. The van der Waals surface area contributed by atoms with Crippen molar-refractivity contribution >= 4 is 27.0 Å². The fourth-order valence-electron chi connectivity index (χ4n) is 1.50. The molecule has 92 valence electrons. The highest BCUT2D eigenvalue weighted by Crippen LogP contribution is 2.40. The van der Waals surface area contributed by atoms with Gasteiger partial charge in [0.2, 0.25) is 0 Å². The van der Waals surface area contributed by atoms with Gasteiger partial charge in [-0.05, 0) is 17.7 Å². The van der Waals surface area contributed by atoms with E-state index >= 15 is 0 Å². The van der Waals surface area contributed by atoms with Crippen molar-refractivity contribution in [3.63, 3.8) is 0 Å². The van der Waals surface area contributed by atoms with Gasteiger partial charge in [-0.25, -0.2) is 4.79 Å². The summed E-state index contributed by atoms with van der Waals surface area (Å²) in [6, 6.07) is 3.95. The molecule has 7 heteroatoms. The number of fused-ring (bicyclic) bond motifs is 1. The molecule has 0 bridgehead atoms. The lowest BCUT2D eigenvalue weighted by atomic mass is 10.1. The van der Waals surface area contributed by atoms with Gasteiger partial charge < -0.3 is 4.42 Å². The fourth-order valence-corrected chi connectivity index (χ4v) is 1.78. The van der Waals surface area contributed by atoms with Gasteiger partial charge in [0.05, 0.1) is 5.52 Å². The van der Waals surface area contributed by atoms with Gasteiger partial charge in [-0.15, -0.1) is 0 Å². The molecule has 1 aromatic heterocycles. The van der Waals surface area contributed by atoms with Crippen molar-refractivity contribution in [2.75, 3.05) is 0 Å². The highest BCUT2D eigenvalue weighted by atomic mass is 79.9. The fraction of sp³-hybridized carbons (Fsp3) is 0.300. The van der Waals surface area contributed by atoms with Crippen molar-refractivity contribution in [3.8, 4) is 0 Å². The van der Waals surface area contributed by atoms with Gasteiger partial charge in [0.25, 0.3) is 0 Å². The lowest BCUT2D eigenvalue weighted by Gasteiger charge is -2.13. The molecular weight excluding hydrogens is 303 g/mol. The van der Waals surface area contributed by atoms with Gasteiger partial charge in [-0.2, -0.15) is 13.2 Å². The second kappa shape index (κ2) is 3.90. The van der Waals surface area contributed by atoms with Crippen molar-refractivity contribution in [2.24, 2.45) is 7.05 Å². The molecule has 0 radical (unpaired) electrons. The van der Waals surface area contributed by atoms with E-state index in [0.717, 1.165) is 0 Å². The SMILES string of the molecule is Cn1c(=O)oc2cc(C(Br)C(F)(F)F)ccc21. The molecule has 1 aromatic carbocycles. The van der Waals surface area contributed by atoms with Crippen molar-refractivity contribution in [3.05, 3.63) is 34.3 Å². The molecule has 0 saturated heterocycles. The highest BCUT2D eigenvalue weighted by Gasteiger charge is 2.39. The number of benzene rings is 1. The summed E-state index contributed by atoms with van der Waals surface area (Å²) in [5.41, 5.74) is 0.601. The Bertz CT molecular complexity index is 614. The number of aryl methyl sites for hydroxylation is 1. The predicted molar refractivity (Wildman–Crippen MR) is 59.2 cm³/mol. The minimum absolute atomic E-state index is 0.000602. The van der Waals surface area contributed by atoms with Crippen molar-refractivity contribution in [1.29, 1.82) is 0 Å². The van der Waals surface area contributed by atoms with Gasteiger partial charge >= 0.3 is 11.9 Å². The van der Waals surface area contributed by atoms with Crippen LogP contribution in [0.5, 0.6) is 0 Å². The summed E-state index contributed by atoms with van der Waals surface area (Å²) >= 11 is 2.57. The maximum absolute atomic E-state index is 12.5. The van der Waals surface area contributed by atoms with Crippen LogP contribution in [0.4, 0.5) is 13.2 Å². The number of hydrogen-bond donors (Lipinski definition) is 0. The Morgan fingerprint density at radius 2 is 2.06 bits per heavy atom. The molecule has 0 amide bonds. The average molecular weight is 310 g/mol. The summed E-state index contributed by atoms with van der Waals surface area (Å²) in [7, 11) is 1.49. The third-order valence-electron chi connectivity index (χ3n) is 2.40. The van der Waals surface area contributed by atoms with Gasteiger partial charge in [0.1, 0.15) is 4.83 Å². The van der Waals surface area contributed by atoms with Gasteiger partial charge in [0.15, 0.2) is 5.58 Å². The Hall–Kier alpha value is -1.24. The summed E-state index contributed by atoms with van der Waals surface area (Å²) < 4.78 is 43.5. The Kier molecular flexibility index (Phi) is 2.81. The molecule has 3 nitrogen and oxygen atoms in total. The van der Waals surface area contributed by atoms with Crippen LogP contribution in [-0.4, -0.2) is 10.7 Å². The number of aromatic nitrogens is 1. The molecule has 1 heterocycles. The van der Waals surface area contributed by atoms with Crippen molar-refractivity contribution < 1.29 is 17.6 Å². The van der Waals surface area contributed by atoms with Crippen LogP contribution in [0.25, 0.3) is 11.1 Å². The van der Waals surface area contributed by atoms with Crippen molar-refractivity contribution in [2.45, 2.75) is 11.0 Å². The minimum atomic E-state index is -4.39. The number of rotatable bonds is 1. The first-order valence-corrected chi connectivity index (χ1v) is 5.52. The zero-order valence-corrected chi connectivity index (χ0v) is 10.2. The molecule has 0 spiro atoms. The number of nitrogens with zero attached hydrogens (tertiary/aromatic N) is 1. The van der Waals surface area contributed by atoms with Crippen LogP contribution < -0.4 is 5.76 Å². The van der Waals surface area contributed by atoms with Crippen LogP contribution in [-0.2, 0) is 7.05 Å². The molecule has 0 aliphatic rings. The topological polar surface area (TPSA) is 35.1 Å². The molecule has 1 atom stereocenters. The largest absolute Gasteiger partial charge is 0.419 e. The van der Waals surface area contributed by atoms with E-state index in [1.165, 1.54) is 29.8 Å². The second-order valence-corrected chi connectivity index (χ2v) is 4.47. The standard InChI is InChI=1S/C10H7BrF3NO2/c1-15-6-3-2-5(8(11)10(12,13)14)4-7(6)17-9(15)16/h2-4,8H,1H3. The quantitative estimate of drug-likeness (QED) is 0.759. The molecule has 0 saturated carbocycles. The second-order valence-electron chi connectivity index (χ2n) is 3.56. The zero-order chi connectivity index (χ0) is 12.8. The number of oxazole rings is 1. The smallest absolute Gasteiger partial charge is 0.408 e. The average Bonchev–Trinajstić information content (AvgIpc) is 2.52. The molecule has 2 rings (SSSR count). The number of hydrogen-bond acceptors (Lipinski definition) is 2. The van der Waals surface area contributed by atoms with E-state index in [0.29, 0.717) is 5.52 Å². The molecular formula is C10H7BrF3NO2. The monoisotopic (exact) mass is 309 g/mol. The van der Waals surface area contributed by atoms with Crippen LogP contribution in [0.15, 0.2) is 27.4 Å². The Labute approximate surface area is 102 Å². The third-order valence-corrected chi connectivity index (χ3v) is 3.44. The van der Waals surface area contributed by atoms with Crippen LogP contribution >= 0.6 is 15.9 Å². The Morgan fingerprint density at radius 3 is 2.65 bits per heavy atom. The van der Waals surface area contributed by atoms with E-state index in [9.17, 15) is 18.0 Å². The van der Waals surface area contributed by atoms with Crippen LogP contribution in [0, 0.1) is 0 Å². The summed E-state index contributed by atoms with van der Waals surface area (Å²) in [4.78, 5) is 9.41. The van der Waals surface area contributed by atoms with Gasteiger partial charge in [-0.3, -0.25) is 4.57 Å². The van der Waals surface area contributed by atoms with Gasteiger partial charge in [-0.1, -0.05) is 22.0 Å². The molecule has 2 aromatic rings. The zero-order valence-electron chi connectivity index (χ0n) is 8.58. The normalized spacial score (nSPS) is 14.2. The van der Waals surface area contributed by atoms with Crippen molar-refractivity contribution in [1.82, 2.24) is 4.57 Å². The third kappa shape index (κ3) is 2.11. The van der Waals surface area contributed by atoms with E-state index in [-0.39, 0.29) is 11.1 Å². The van der Waals surface area contributed by atoms with E-state index in [1.807, 2.05) is 0 Å². The molecule has 0 aliphatic carbocycles. The highest BCUT2D eigenvalue weighted by molar-refractivity contribution is 9.09. The summed E-state index contributed by atoms with van der Waals surface area (Å²) in [5, 5.41) is 0. The van der Waals surface area contributed by atoms with E-state index < -0.39 is 16.8 Å². The maximum Gasteiger partial charge on any atom is 0.419 e. The lowest BCUT2D eigenvalue weighted by Crippen LogP contribution is -2.15. The van der Waals surface area contributed by atoms with E-state index in [4.69, 9.17) is 4.42 Å². The molecule has 1 unspecified atom stereocenters. The minimum Gasteiger partial charge on any atom is -0.408 e. The van der Waals surface area contributed by atoms with Crippen LogP contribution in [0.1, 0.15) is 10.4 Å². The van der Waals surface area contributed by atoms with Crippen LogP contribution in [0.3, 0.4) is 0 Å². The van der Waals surface area contributed by atoms with Crippen LogP contribution in [0.2, 0.25) is 0 Å². The summed E-state index contributed by atoms with van der Waals surface area (Å²) in [6.45, 7) is 0. The summed E-state index contributed by atoms with van der Waals surface area (Å²) in [6.07, 6.45) is -4.39. The Morgan fingerprint density at radius 1 is 1.41 bits per heavy atom. The molecule has 0 N–H and O–H groups in total. The number of halogens is 4. The van der Waals surface area contributed by atoms with E-state index in [2.05, 4.69) is 15.9 Å². The summed E-state index contributed by atoms with van der Waals surface area (Å²) in [5.74, 6) is -0.602. The van der Waals surface area contributed by atoms with E-state index in [1.54, 1.807) is 0 Å². The lowest BCUT2D eigenvalue weighted by molar-refractivity contribution is -0.128. The number of alkyl halides is 4. The Balaban J connectivity index is 2.56. The molecule has 0 fully saturated rings. The maximum atomic E-state index is 12.5. The molecule has 0 aliphatic heterocycles. The van der Waals surface area contributed by atoms with Gasteiger partial charge in [0, 0.05) is 7.05 Å². The first-order chi connectivity index (χ1) is 7.80. The first kappa shape index (κ1) is 12.2. The molecule has 17 heavy (non-hydrogen) atoms.